The Bertz CT molecular complexity index is 1090. The van der Waals surface area contributed by atoms with E-state index in [9.17, 15) is 9.59 Å². The van der Waals surface area contributed by atoms with Crippen molar-refractivity contribution in [1.82, 2.24) is 9.78 Å². The molecule has 2 heterocycles. The van der Waals surface area contributed by atoms with Crippen LogP contribution in [0.5, 0.6) is 5.75 Å². The van der Waals surface area contributed by atoms with Gasteiger partial charge >= 0.3 is 0 Å². The van der Waals surface area contributed by atoms with E-state index in [1.165, 1.54) is 0 Å². The van der Waals surface area contributed by atoms with Gasteiger partial charge < -0.3 is 15.0 Å². The molecule has 0 atom stereocenters. The molecule has 0 fully saturated rings. The molecule has 3 aromatic rings. The van der Waals surface area contributed by atoms with Gasteiger partial charge in [-0.3, -0.25) is 9.59 Å². The Hall–Kier alpha value is -3.61. The predicted molar refractivity (Wildman–Crippen MR) is 115 cm³/mol. The zero-order valence-electron chi connectivity index (χ0n) is 17.1. The minimum Gasteiger partial charge on any atom is -0.490 e. The third-order valence-electron chi connectivity index (χ3n) is 4.98. The van der Waals surface area contributed by atoms with E-state index in [4.69, 9.17) is 4.74 Å². The Balaban J connectivity index is 1.37. The number of carbonyl (C=O) groups is 2. The Labute approximate surface area is 175 Å². The molecule has 7 nitrogen and oxygen atoms in total. The summed E-state index contributed by atoms with van der Waals surface area (Å²) in [5, 5.41) is 7.35. The average Bonchev–Trinajstić information content (AvgIpc) is 3.09. The van der Waals surface area contributed by atoms with Crippen LogP contribution in [0.4, 0.5) is 11.4 Å². The van der Waals surface area contributed by atoms with E-state index < -0.39 is 0 Å². The molecule has 0 spiro atoms. The molecule has 154 valence electrons. The average molecular weight is 404 g/mol. The zero-order valence-corrected chi connectivity index (χ0v) is 17.1. The maximum atomic E-state index is 12.7. The highest BCUT2D eigenvalue weighted by molar-refractivity contribution is 5.99. The second kappa shape index (κ2) is 8.41. The molecular weight excluding hydrogens is 380 g/mol. The number of para-hydroxylation sites is 2. The number of carbonyl (C=O) groups excluding carboxylic acids is 2. The summed E-state index contributed by atoms with van der Waals surface area (Å²) < 4.78 is 7.42. The van der Waals surface area contributed by atoms with Crippen LogP contribution in [0, 0.1) is 13.8 Å². The number of ether oxygens (including phenoxy) is 1. The van der Waals surface area contributed by atoms with E-state index >= 15 is 0 Å². The quantitative estimate of drug-likeness (QED) is 0.705. The minimum atomic E-state index is -0.199. The van der Waals surface area contributed by atoms with E-state index in [1.807, 2.05) is 73.1 Å². The van der Waals surface area contributed by atoms with E-state index in [0.717, 1.165) is 22.8 Å². The number of benzene rings is 2. The van der Waals surface area contributed by atoms with E-state index in [2.05, 4.69) is 10.4 Å². The van der Waals surface area contributed by atoms with Crippen LogP contribution in [0.3, 0.4) is 0 Å². The lowest BCUT2D eigenvalue weighted by Crippen LogP contribution is -2.38. The van der Waals surface area contributed by atoms with Crippen LogP contribution in [0.25, 0.3) is 5.69 Å². The van der Waals surface area contributed by atoms with E-state index in [0.29, 0.717) is 24.6 Å². The van der Waals surface area contributed by atoms with Gasteiger partial charge in [0.15, 0.2) is 0 Å². The SMILES string of the molecule is Cc1cc(C)n(-c2cccc(NC(=O)CCC(=O)N3CCOc4ccccc43)c2)n1. The van der Waals surface area contributed by atoms with Gasteiger partial charge in [0.25, 0.3) is 0 Å². The van der Waals surface area contributed by atoms with Crippen molar-refractivity contribution in [2.75, 3.05) is 23.4 Å². The molecule has 1 aliphatic heterocycles. The summed E-state index contributed by atoms with van der Waals surface area (Å²) in [5.41, 5.74) is 4.26. The van der Waals surface area contributed by atoms with Crippen LogP contribution in [-0.4, -0.2) is 34.7 Å². The number of amides is 2. The minimum absolute atomic E-state index is 0.0858. The second-order valence-electron chi connectivity index (χ2n) is 7.30. The fourth-order valence-electron chi connectivity index (χ4n) is 3.61. The van der Waals surface area contributed by atoms with Crippen LogP contribution in [0.1, 0.15) is 24.2 Å². The molecule has 0 aliphatic carbocycles. The first kappa shape index (κ1) is 19.7. The molecule has 4 rings (SSSR count). The smallest absolute Gasteiger partial charge is 0.227 e. The maximum Gasteiger partial charge on any atom is 0.227 e. The van der Waals surface area contributed by atoms with Crippen molar-refractivity contribution in [2.45, 2.75) is 26.7 Å². The van der Waals surface area contributed by atoms with Crippen molar-refractivity contribution in [3.63, 3.8) is 0 Å². The molecule has 0 bridgehead atoms. The predicted octanol–water partition coefficient (Wildman–Crippen LogP) is 3.63. The standard InChI is InChI=1S/C23H24N4O3/c1-16-14-17(2)27(25-16)19-7-5-6-18(15-19)24-22(28)10-11-23(29)26-12-13-30-21-9-4-3-8-20(21)26/h3-9,14-15H,10-13H2,1-2H3,(H,24,28). The number of aryl methyl sites for hydroxylation is 2. The van der Waals surface area contributed by atoms with Gasteiger partial charge in [-0.25, -0.2) is 4.68 Å². The molecule has 30 heavy (non-hydrogen) atoms. The Kier molecular flexibility index (Phi) is 5.52. The van der Waals surface area contributed by atoms with Crippen molar-refractivity contribution >= 4 is 23.2 Å². The Morgan fingerprint density at radius 1 is 1.07 bits per heavy atom. The molecule has 0 saturated carbocycles. The summed E-state index contributed by atoms with van der Waals surface area (Å²) in [6.07, 6.45) is 0.250. The molecule has 1 N–H and O–H groups in total. The van der Waals surface area contributed by atoms with Crippen molar-refractivity contribution < 1.29 is 14.3 Å². The number of hydrogen-bond acceptors (Lipinski definition) is 4. The van der Waals surface area contributed by atoms with Gasteiger partial charge in [0, 0.05) is 24.2 Å². The summed E-state index contributed by atoms with van der Waals surface area (Å²) >= 11 is 0. The lowest BCUT2D eigenvalue weighted by Gasteiger charge is -2.29. The molecule has 0 saturated heterocycles. The number of nitrogens with one attached hydrogen (secondary N) is 1. The highest BCUT2D eigenvalue weighted by atomic mass is 16.5. The first-order valence-electron chi connectivity index (χ1n) is 9.97. The van der Waals surface area contributed by atoms with E-state index in [-0.39, 0.29) is 24.7 Å². The number of nitrogens with zero attached hydrogens (tertiary/aromatic N) is 3. The number of hydrogen-bond donors (Lipinski definition) is 1. The van der Waals surface area contributed by atoms with Crippen molar-refractivity contribution in [3.8, 4) is 11.4 Å². The monoisotopic (exact) mass is 404 g/mol. The number of anilines is 2. The highest BCUT2D eigenvalue weighted by Gasteiger charge is 2.23. The van der Waals surface area contributed by atoms with Crippen molar-refractivity contribution in [2.24, 2.45) is 0 Å². The lowest BCUT2D eigenvalue weighted by molar-refractivity contribution is -0.122. The summed E-state index contributed by atoms with van der Waals surface area (Å²) in [5.74, 6) is 0.412. The van der Waals surface area contributed by atoms with Gasteiger partial charge in [-0.05, 0) is 50.2 Å². The summed E-state index contributed by atoms with van der Waals surface area (Å²) in [7, 11) is 0. The molecule has 0 radical (unpaired) electrons. The first-order valence-corrected chi connectivity index (χ1v) is 9.97. The third kappa shape index (κ3) is 4.20. The summed E-state index contributed by atoms with van der Waals surface area (Å²) in [6.45, 7) is 4.87. The fraction of sp³-hybridized carbons (Fsp3) is 0.261. The maximum absolute atomic E-state index is 12.7. The molecule has 0 unspecified atom stereocenters. The number of fused-ring (bicyclic) bond motifs is 1. The van der Waals surface area contributed by atoms with Gasteiger partial charge in [0.1, 0.15) is 12.4 Å². The van der Waals surface area contributed by atoms with Crippen LogP contribution in [0.15, 0.2) is 54.6 Å². The van der Waals surface area contributed by atoms with Crippen LogP contribution >= 0.6 is 0 Å². The Morgan fingerprint density at radius 3 is 2.70 bits per heavy atom. The topological polar surface area (TPSA) is 76.5 Å². The molecule has 1 aliphatic rings. The van der Waals surface area contributed by atoms with Crippen LogP contribution < -0.4 is 15.0 Å². The molecule has 1 aromatic heterocycles. The summed E-state index contributed by atoms with van der Waals surface area (Å²) in [6, 6.07) is 17.0. The zero-order chi connectivity index (χ0) is 21.1. The fourth-order valence-corrected chi connectivity index (χ4v) is 3.61. The van der Waals surface area contributed by atoms with Crippen molar-refractivity contribution in [3.05, 3.63) is 66.0 Å². The first-order chi connectivity index (χ1) is 14.5. The largest absolute Gasteiger partial charge is 0.490 e. The van der Waals surface area contributed by atoms with Gasteiger partial charge in [-0.15, -0.1) is 0 Å². The lowest BCUT2D eigenvalue weighted by atomic mass is 10.2. The highest BCUT2D eigenvalue weighted by Crippen LogP contribution is 2.31. The van der Waals surface area contributed by atoms with Crippen molar-refractivity contribution in [1.29, 1.82) is 0 Å². The molecule has 7 heteroatoms. The van der Waals surface area contributed by atoms with Gasteiger partial charge in [-0.2, -0.15) is 5.10 Å². The van der Waals surface area contributed by atoms with Gasteiger partial charge in [0.2, 0.25) is 11.8 Å². The third-order valence-corrected chi connectivity index (χ3v) is 4.98. The molecular formula is C23H24N4O3. The molecule has 2 aromatic carbocycles. The summed E-state index contributed by atoms with van der Waals surface area (Å²) in [4.78, 5) is 26.8. The number of rotatable bonds is 5. The van der Waals surface area contributed by atoms with Gasteiger partial charge in [0.05, 0.1) is 23.6 Å². The number of aromatic nitrogens is 2. The second-order valence-corrected chi connectivity index (χ2v) is 7.30. The Morgan fingerprint density at radius 2 is 1.90 bits per heavy atom. The van der Waals surface area contributed by atoms with E-state index in [1.54, 1.807) is 4.90 Å². The van der Waals surface area contributed by atoms with Crippen LogP contribution in [0.2, 0.25) is 0 Å². The normalized spacial score (nSPS) is 12.8. The molecule has 2 amide bonds. The van der Waals surface area contributed by atoms with Crippen LogP contribution in [-0.2, 0) is 9.59 Å². The van der Waals surface area contributed by atoms with Gasteiger partial charge in [-0.1, -0.05) is 18.2 Å².